The quantitative estimate of drug-likeness (QED) is 0.679. The number of rotatable bonds is 2. The van der Waals surface area contributed by atoms with Gasteiger partial charge in [-0.1, -0.05) is 30.7 Å². The lowest BCUT2D eigenvalue weighted by Crippen LogP contribution is -2.34. The molecule has 0 bridgehead atoms. The van der Waals surface area contributed by atoms with Gasteiger partial charge >= 0.3 is 0 Å². The van der Waals surface area contributed by atoms with Crippen molar-refractivity contribution in [2.24, 2.45) is 0 Å². The standard InChI is InChI=1S/C22H20FNO3/c23-17-10-8-15(9-11-17)16-5-3-4-12-24(14-16)22(26)21-13-19(25)18-6-1-2-7-20(18)27-21/h1-2,6-11,13,16H,3-5,12,14H2. The maximum atomic E-state index is 13.2. The van der Waals surface area contributed by atoms with E-state index in [9.17, 15) is 14.0 Å². The van der Waals surface area contributed by atoms with Gasteiger partial charge in [0.1, 0.15) is 11.4 Å². The first-order chi connectivity index (χ1) is 13.1. The van der Waals surface area contributed by atoms with Crippen LogP contribution < -0.4 is 5.43 Å². The number of benzene rings is 2. The highest BCUT2D eigenvalue weighted by Crippen LogP contribution is 2.27. The summed E-state index contributed by atoms with van der Waals surface area (Å²) in [4.78, 5) is 27.1. The SMILES string of the molecule is O=C(c1cc(=O)c2ccccc2o1)N1CCCCC(c2ccc(F)cc2)C1. The van der Waals surface area contributed by atoms with Gasteiger partial charge in [-0.2, -0.15) is 0 Å². The molecule has 1 atom stereocenters. The molecule has 1 saturated heterocycles. The third-order valence-corrected chi connectivity index (χ3v) is 5.15. The van der Waals surface area contributed by atoms with Crippen molar-refractivity contribution >= 4 is 16.9 Å². The molecule has 0 aliphatic carbocycles. The second kappa shape index (κ2) is 7.35. The molecule has 1 unspecified atom stereocenters. The Bertz CT molecular complexity index is 1030. The van der Waals surface area contributed by atoms with Gasteiger partial charge in [0.2, 0.25) is 0 Å². The van der Waals surface area contributed by atoms with Crippen molar-refractivity contribution in [1.29, 1.82) is 0 Å². The van der Waals surface area contributed by atoms with Crippen LogP contribution >= 0.6 is 0 Å². The molecule has 0 N–H and O–H groups in total. The highest BCUT2D eigenvalue weighted by molar-refractivity contribution is 5.93. The van der Waals surface area contributed by atoms with Gasteiger partial charge in [0, 0.05) is 25.1 Å². The number of nitrogens with zero attached hydrogens (tertiary/aromatic N) is 1. The zero-order valence-corrected chi connectivity index (χ0v) is 14.9. The van der Waals surface area contributed by atoms with Crippen molar-refractivity contribution < 1.29 is 13.6 Å². The van der Waals surface area contributed by atoms with Crippen LogP contribution in [0.3, 0.4) is 0 Å². The molecule has 0 saturated carbocycles. The van der Waals surface area contributed by atoms with Crippen LogP contribution in [0.2, 0.25) is 0 Å². The summed E-state index contributed by atoms with van der Waals surface area (Å²) < 4.78 is 18.9. The number of fused-ring (bicyclic) bond motifs is 1. The molecule has 0 radical (unpaired) electrons. The average molecular weight is 365 g/mol. The van der Waals surface area contributed by atoms with Gasteiger partial charge in [0.25, 0.3) is 5.91 Å². The Hall–Kier alpha value is -2.95. The van der Waals surface area contributed by atoms with E-state index in [-0.39, 0.29) is 28.8 Å². The number of halogens is 1. The Morgan fingerprint density at radius 2 is 1.85 bits per heavy atom. The Kier molecular flexibility index (Phi) is 4.75. The number of amides is 1. The summed E-state index contributed by atoms with van der Waals surface area (Å²) >= 11 is 0. The number of carbonyl (C=O) groups excluding carboxylic acids is 1. The maximum absolute atomic E-state index is 13.2. The highest BCUT2D eigenvalue weighted by Gasteiger charge is 2.26. The van der Waals surface area contributed by atoms with Gasteiger partial charge in [-0.15, -0.1) is 0 Å². The van der Waals surface area contributed by atoms with E-state index in [1.165, 1.54) is 18.2 Å². The van der Waals surface area contributed by atoms with E-state index in [4.69, 9.17) is 4.42 Å². The molecular formula is C22H20FNO3. The zero-order chi connectivity index (χ0) is 18.8. The summed E-state index contributed by atoms with van der Waals surface area (Å²) in [6.07, 6.45) is 2.83. The van der Waals surface area contributed by atoms with Gasteiger partial charge in [-0.25, -0.2) is 4.39 Å². The first-order valence-corrected chi connectivity index (χ1v) is 9.19. The number of likely N-dealkylation sites (tertiary alicyclic amines) is 1. The second-order valence-corrected chi connectivity index (χ2v) is 6.97. The molecule has 1 aromatic heterocycles. The molecule has 2 aromatic carbocycles. The van der Waals surface area contributed by atoms with Gasteiger partial charge in [0.05, 0.1) is 5.39 Å². The average Bonchev–Trinajstić information content (AvgIpc) is 2.94. The summed E-state index contributed by atoms with van der Waals surface area (Å²) in [5, 5.41) is 0.467. The first-order valence-electron chi connectivity index (χ1n) is 9.19. The Labute approximate surface area is 156 Å². The summed E-state index contributed by atoms with van der Waals surface area (Å²) in [7, 11) is 0. The lowest BCUT2D eigenvalue weighted by atomic mass is 9.94. The molecule has 27 heavy (non-hydrogen) atoms. The van der Waals surface area contributed by atoms with Gasteiger partial charge < -0.3 is 9.32 Å². The van der Waals surface area contributed by atoms with Crippen LogP contribution in [0.4, 0.5) is 4.39 Å². The molecule has 1 aliphatic heterocycles. The van der Waals surface area contributed by atoms with Crippen molar-refractivity contribution in [3.8, 4) is 0 Å². The third-order valence-electron chi connectivity index (χ3n) is 5.15. The largest absolute Gasteiger partial charge is 0.451 e. The molecule has 5 heteroatoms. The minimum Gasteiger partial charge on any atom is -0.451 e. The van der Waals surface area contributed by atoms with Gasteiger partial charge in [0.15, 0.2) is 11.2 Å². The number of hydrogen-bond acceptors (Lipinski definition) is 3. The van der Waals surface area contributed by atoms with Crippen LogP contribution in [-0.4, -0.2) is 23.9 Å². The Morgan fingerprint density at radius 3 is 2.67 bits per heavy atom. The number of hydrogen-bond donors (Lipinski definition) is 0. The first kappa shape index (κ1) is 17.5. The van der Waals surface area contributed by atoms with Crippen molar-refractivity contribution in [3.63, 3.8) is 0 Å². The van der Waals surface area contributed by atoms with Crippen molar-refractivity contribution in [2.45, 2.75) is 25.2 Å². The van der Waals surface area contributed by atoms with E-state index in [1.54, 1.807) is 41.3 Å². The van der Waals surface area contributed by atoms with Crippen molar-refractivity contribution in [3.05, 3.63) is 82.0 Å². The normalized spacial score (nSPS) is 17.7. The van der Waals surface area contributed by atoms with E-state index >= 15 is 0 Å². The maximum Gasteiger partial charge on any atom is 0.289 e. The summed E-state index contributed by atoms with van der Waals surface area (Å²) in [6.45, 7) is 1.15. The van der Waals surface area contributed by atoms with Crippen LogP contribution in [-0.2, 0) is 0 Å². The van der Waals surface area contributed by atoms with E-state index in [0.29, 0.717) is 24.1 Å². The predicted octanol–water partition coefficient (Wildman–Crippen LogP) is 4.34. The van der Waals surface area contributed by atoms with Crippen molar-refractivity contribution in [1.82, 2.24) is 4.90 Å². The van der Waals surface area contributed by atoms with E-state index in [0.717, 1.165) is 24.8 Å². The molecule has 138 valence electrons. The van der Waals surface area contributed by atoms with Crippen LogP contribution in [0.5, 0.6) is 0 Å². The molecule has 4 nitrogen and oxygen atoms in total. The van der Waals surface area contributed by atoms with Gasteiger partial charge in [-0.3, -0.25) is 9.59 Å². The molecule has 1 amide bonds. The summed E-state index contributed by atoms with van der Waals surface area (Å²) in [5.41, 5.74) is 1.22. The fourth-order valence-corrected chi connectivity index (χ4v) is 3.70. The smallest absolute Gasteiger partial charge is 0.289 e. The second-order valence-electron chi connectivity index (χ2n) is 6.97. The zero-order valence-electron chi connectivity index (χ0n) is 14.9. The highest BCUT2D eigenvalue weighted by atomic mass is 19.1. The minimum atomic E-state index is -0.271. The van der Waals surface area contributed by atoms with E-state index in [2.05, 4.69) is 0 Å². The van der Waals surface area contributed by atoms with E-state index in [1.807, 2.05) is 0 Å². The van der Waals surface area contributed by atoms with E-state index < -0.39 is 0 Å². The molecular weight excluding hydrogens is 345 g/mol. The third kappa shape index (κ3) is 3.63. The van der Waals surface area contributed by atoms with Crippen molar-refractivity contribution in [2.75, 3.05) is 13.1 Å². The van der Waals surface area contributed by atoms with Gasteiger partial charge in [-0.05, 0) is 42.7 Å². The Balaban J connectivity index is 1.62. The molecule has 4 rings (SSSR count). The Morgan fingerprint density at radius 1 is 1.07 bits per heavy atom. The fraction of sp³-hybridized carbons (Fsp3) is 0.273. The predicted molar refractivity (Wildman–Crippen MR) is 101 cm³/mol. The molecule has 0 spiro atoms. The number of para-hydroxylation sites is 1. The lowest BCUT2D eigenvalue weighted by molar-refractivity contribution is 0.0723. The summed E-state index contributed by atoms with van der Waals surface area (Å²) in [5.74, 6) is -0.326. The van der Waals surface area contributed by atoms with Crippen LogP contribution in [0.25, 0.3) is 11.0 Å². The molecule has 1 aliphatic rings. The fourth-order valence-electron chi connectivity index (χ4n) is 3.70. The van der Waals surface area contributed by atoms with Crippen LogP contribution in [0.1, 0.15) is 41.3 Å². The minimum absolute atomic E-state index is 0.0680. The molecule has 2 heterocycles. The topological polar surface area (TPSA) is 50.5 Å². The lowest BCUT2D eigenvalue weighted by Gasteiger charge is -2.24. The monoisotopic (exact) mass is 365 g/mol. The van der Waals surface area contributed by atoms with Crippen LogP contribution in [0, 0.1) is 5.82 Å². The van der Waals surface area contributed by atoms with Crippen LogP contribution in [0.15, 0.2) is 63.8 Å². The molecule has 1 fully saturated rings. The summed E-state index contributed by atoms with van der Waals surface area (Å²) in [6, 6.07) is 14.7. The molecule has 3 aromatic rings. The number of carbonyl (C=O) groups is 1.